The van der Waals surface area contributed by atoms with E-state index in [-0.39, 0.29) is 19.6 Å². The summed E-state index contributed by atoms with van der Waals surface area (Å²) in [4.78, 5) is 37.8. The smallest absolute Gasteiger partial charge is 0.408 e. The summed E-state index contributed by atoms with van der Waals surface area (Å²) in [7, 11) is 0. The summed E-state index contributed by atoms with van der Waals surface area (Å²) in [5.74, 6) is -1.08. The van der Waals surface area contributed by atoms with E-state index in [0.717, 1.165) is 0 Å². The molecule has 0 radical (unpaired) electrons. The molecule has 0 saturated carbocycles. The van der Waals surface area contributed by atoms with Crippen molar-refractivity contribution in [3.63, 3.8) is 0 Å². The number of hydrogen-bond acceptors (Lipinski definition) is 5. The number of aliphatic hydroxyl groups excluding tert-OH is 1. The summed E-state index contributed by atoms with van der Waals surface area (Å²) >= 11 is 0. The van der Waals surface area contributed by atoms with Gasteiger partial charge in [-0.25, -0.2) is 13.6 Å². The van der Waals surface area contributed by atoms with E-state index in [1.807, 2.05) is 0 Å². The predicted octanol–water partition coefficient (Wildman–Crippen LogP) is 0.304. The molecule has 8 nitrogen and oxygen atoms in total. The molecular formula is C22H23F2N3O5. The van der Waals surface area contributed by atoms with Crippen LogP contribution in [-0.2, 0) is 20.7 Å². The number of nitrogens with zero attached hydrogens (tertiary/aromatic N) is 1. The Labute approximate surface area is 184 Å². The number of hydrogen-bond donors (Lipinski definition) is 3. The first kappa shape index (κ1) is 24.6. The maximum absolute atomic E-state index is 14.0. The number of likely N-dealkylation sites (tertiary alicyclic amines) is 1. The number of aliphatic hydroxyl groups is 1. The molecule has 0 bridgehead atoms. The van der Waals surface area contributed by atoms with Gasteiger partial charge >= 0.3 is 6.09 Å². The van der Waals surface area contributed by atoms with E-state index in [2.05, 4.69) is 22.5 Å². The first-order chi connectivity index (χ1) is 15.2. The fourth-order valence-corrected chi connectivity index (χ4v) is 3.29. The van der Waals surface area contributed by atoms with Crippen LogP contribution in [0.5, 0.6) is 0 Å². The maximum atomic E-state index is 14.0. The van der Waals surface area contributed by atoms with Gasteiger partial charge in [-0.05, 0) is 12.0 Å². The summed E-state index contributed by atoms with van der Waals surface area (Å²) < 4.78 is 32.8. The molecule has 1 aliphatic rings. The van der Waals surface area contributed by atoms with Crippen molar-refractivity contribution in [3.8, 4) is 24.7 Å². The van der Waals surface area contributed by atoms with Crippen LogP contribution in [-0.4, -0.2) is 71.7 Å². The van der Waals surface area contributed by atoms with Gasteiger partial charge in [0.15, 0.2) is 12.7 Å². The van der Waals surface area contributed by atoms with Gasteiger partial charge < -0.3 is 25.4 Å². The second-order valence-corrected chi connectivity index (χ2v) is 7.13. The standard InChI is InChI=1S/C22H23F2N3O5/c1-3-10-25-19(29)17-13-22(23,24)14-27(17)20(30)18(28)16(26-21(31)32-11-4-2)12-15-8-6-5-7-9-15/h1-2,5-9,16-18,28H,10-14H2,(H,25,29)(H,26,31)/t16-,17-,18-/m0/s1. The van der Waals surface area contributed by atoms with E-state index in [4.69, 9.17) is 17.6 Å². The molecule has 0 unspecified atom stereocenters. The summed E-state index contributed by atoms with van der Waals surface area (Å²) in [5, 5.41) is 15.3. The molecule has 0 aromatic heterocycles. The third kappa shape index (κ3) is 6.69. The van der Waals surface area contributed by atoms with Crippen molar-refractivity contribution >= 4 is 17.9 Å². The molecule has 10 heteroatoms. The van der Waals surface area contributed by atoms with Crippen LogP contribution in [0.1, 0.15) is 12.0 Å². The average Bonchev–Trinajstić information content (AvgIpc) is 3.10. The highest BCUT2D eigenvalue weighted by molar-refractivity contribution is 5.91. The summed E-state index contributed by atoms with van der Waals surface area (Å²) in [6, 6.07) is 5.80. The Morgan fingerprint density at radius 1 is 1.25 bits per heavy atom. The van der Waals surface area contributed by atoms with Gasteiger partial charge in [0.25, 0.3) is 11.8 Å². The number of carbonyl (C=O) groups excluding carboxylic acids is 3. The molecule has 2 rings (SSSR count). The summed E-state index contributed by atoms with van der Waals surface area (Å²) in [6.07, 6.45) is 6.24. The van der Waals surface area contributed by atoms with E-state index >= 15 is 0 Å². The van der Waals surface area contributed by atoms with E-state index in [0.29, 0.717) is 10.5 Å². The number of rotatable bonds is 8. The third-order valence-corrected chi connectivity index (χ3v) is 4.74. The number of halogens is 2. The van der Waals surface area contributed by atoms with Gasteiger partial charge in [0, 0.05) is 6.42 Å². The molecule has 1 fully saturated rings. The van der Waals surface area contributed by atoms with Crippen molar-refractivity contribution in [2.24, 2.45) is 0 Å². The molecule has 1 saturated heterocycles. The monoisotopic (exact) mass is 447 g/mol. The zero-order valence-corrected chi connectivity index (χ0v) is 17.1. The zero-order chi connectivity index (χ0) is 23.7. The molecule has 1 aliphatic heterocycles. The largest absolute Gasteiger partial charge is 0.436 e. The van der Waals surface area contributed by atoms with Gasteiger partial charge in [0.1, 0.15) is 6.04 Å². The topological polar surface area (TPSA) is 108 Å². The zero-order valence-electron chi connectivity index (χ0n) is 17.1. The lowest BCUT2D eigenvalue weighted by atomic mass is 10.00. The molecule has 3 amide bonds. The number of carbonyl (C=O) groups is 3. The average molecular weight is 447 g/mol. The first-order valence-electron chi connectivity index (χ1n) is 9.66. The van der Waals surface area contributed by atoms with E-state index in [1.54, 1.807) is 30.3 Å². The Kier molecular flexibility index (Phi) is 8.56. The predicted molar refractivity (Wildman–Crippen MR) is 110 cm³/mol. The normalized spacial score (nSPS) is 18.5. The first-order valence-corrected chi connectivity index (χ1v) is 9.66. The molecule has 3 N–H and O–H groups in total. The Hall–Kier alpha value is -3.63. The van der Waals surface area contributed by atoms with Crippen molar-refractivity contribution in [1.82, 2.24) is 15.5 Å². The summed E-state index contributed by atoms with van der Waals surface area (Å²) in [6.45, 7) is -1.61. The quantitative estimate of drug-likeness (QED) is 0.497. The fraction of sp³-hybridized carbons (Fsp3) is 0.409. The number of alkyl halides is 2. The molecule has 1 aromatic carbocycles. The van der Waals surface area contributed by atoms with Gasteiger partial charge in [-0.1, -0.05) is 42.2 Å². The van der Waals surface area contributed by atoms with Gasteiger partial charge in [-0.3, -0.25) is 9.59 Å². The van der Waals surface area contributed by atoms with E-state index in [9.17, 15) is 28.3 Å². The number of benzene rings is 1. The van der Waals surface area contributed by atoms with Crippen molar-refractivity contribution in [2.45, 2.75) is 37.0 Å². The second kappa shape index (κ2) is 11.1. The highest BCUT2D eigenvalue weighted by Gasteiger charge is 2.51. The summed E-state index contributed by atoms with van der Waals surface area (Å²) in [5.41, 5.74) is 0.650. The van der Waals surface area contributed by atoms with Crippen LogP contribution < -0.4 is 10.6 Å². The highest BCUT2D eigenvalue weighted by atomic mass is 19.3. The van der Waals surface area contributed by atoms with E-state index < -0.39 is 55.0 Å². The van der Waals surface area contributed by atoms with Crippen molar-refractivity contribution < 1.29 is 33.0 Å². The molecule has 3 atom stereocenters. The fourth-order valence-electron chi connectivity index (χ4n) is 3.29. The van der Waals surface area contributed by atoms with Gasteiger partial charge in [0.2, 0.25) is 5.91 Å². The third-order valence-electron chi connectivity index (χ3n) is 4.74. The Bertz CT molecular complexity index is 910. The van der Waals surface area contributed by atoms with Crippen molar-refractivity contribution in [3.05, 3.63) is 35.9 Å². The minimum absolute atomic E-state index is 0.0168. The Morgan fingerprint density at radius 3 is 2.56 bits per heavy atom. The molecule has 1 heterocycles. The number of alkyl carbamates (subject to hydrolysis) is 1. The molecule has 0 spiro atoms. The number of amides is 3. The number of terminal acetylenes is 2. The lowest BCUT2D eigenvalue weighted by Gasteiger charge is -2.29. The van der Waals surface area contributed by atoms with Crippen molar-refractivity contribution in [1.29, 1.82) is 0 Å². The SMILES string of the molecule is C#CCNC(=O)[C@@H]1CC(F)(F)CN1C(=O)[C@@H](O)[C@H](Cc1ccccc1)NC(=O)OCC#C. The van der Waals surface area contributed by atoms with Crippen LogP contribution in [0.3, 0.4) is 0 Å². The van der Waals surface area contributed by atoms with Crippen LogP contribution in [0.15, 0.2) is 30.3 Å². The maximum Gasteiger partial charge on any atom is 0.408 e. The second-order valence-electron chi connectivity index (χ2n) is 7.13. The highest BCUT2D eigenvalue weighted by Crippen LogP contribution is 2.33. The molecular weight excluding hydrogens is 424 g/mol. The van der Waals surface area contributed by atoms with Crippen LogP contribution in [0.2, 0.25) is 0 Å². The van der Waals surface area contributed by atoms with E-state index in [1.165, 1.54) is 0 Å². The minimum atomic E-state index is -3.33. The van der Waals surface area contributed by atoms with Crippen LogP contribution in [0, 0.1) is 24.7 Å². The van der Waals surface area contributed by atoms with Gasteiger partial charge in [-0.2, -0.15) is 0 Å². The lowest BCUT2D eigenvalue weighted by Crippen LogP contribution is -2.56. The number of nitrogens with one attached hydrogen (secondary N) is 2. The van der Waals surface area contributed by atoms with Gasteiger partial charge in [0.05, 0.1) is 19.1 Å². The minimum Gasteiger partial charge on any atom is -0.436 e. The van der Waals surface area contributed by atoms with Crippen LogP contribution in [0.4, 0.5) is 13.6 Å². The molecule has 0 aliphatic carbocycles. The van der Waals surface area contributed by atoms with Crippen LogP contribution >= 0.6 is 0 Å². The van der Waals surface area contributed by atoms with Crippen molar-refractivity contribution in [2.75, 3.05) is 19.7 Å². The lowest BCUT2D eigenvalue weighted by molar-refractivity contribution is -0.147. The van der Waals surface area contributed by atoms with Crippen LogP contribution in [0.25, 0.3) is 0 Å². The molecule has 170 valence electrons. The Morgan fingerprint density at radius 2 is 1.94 bits per heavy atom. The Balaban J connectivity index is 2.23. The van der Waals surface area contributed by atoms with Gasteiger partial charge in [-0.15, -0.1) is 12.8 Å². The number of ether oxygens (including phenoxy) is 1. The molecule has 32 heavy (non-hydrogen) atoms. The molecule has 1 aromatic rings.